The maximum Gasteiger partial charge on any atom is 0.246 e. The van der Waals surface area contributed by atoms with Crippen LogP contribution >= 0.6 is 0 Å². The minimum Gasteiger partial charge on any atom is -0.367 e. The lowest BCUT2D eigenvalue weighted by molar-refractivity contribution is -0.117. The van der Waals surface area contributed by atoms with E-state index >= 15 is 0 Å². The van der Waals surface area contributed by atoms with E-state index in [1.165, 1.54) is 11.3 Å². The standard InChI is InChI=1S/C15H19N3O/c1-10-5-7-18(8-6-10)11-3-4-12-13(9-11)17-15(19)14(12)16-2/h3-5,9,14,16H,6-8H2,1-2H3,(H,17,19). The van der Waals surface area contributed by atoms with Crippen molar-refractivity contribution >= 4 is 17.3 Å². The summed E-state index contributed by atoms with van der Waals surface area (Å²) in [4.78, 5) is 14.1. The molecule has 1 aromatic carbocycles. The van der Waals surface area contributed by atoms with Crippen LogP contribution in [0.5, 0.6) is 0 Å². The molecular formula is C15H19N3O. The van der Waals surface area contributed by atoms with Gasteiger partial charge in [-0.1, -0.05) is 17.7 Å². The smallest absolute Gasteiger partial charge is 0.246 e. The Hall–Kier alpha value is -1.81. The molecule has 0 fully saturated rings. The minimum atomic E-state index is -0.215. The summed E-state index contributed by atoms with van der Waals surface area (Å²) in [6, 6.07) is 6.03. The van der Waals surface area contributed by atoms with Gasteiger partial charge in [0.15, 0.2) is 0 Å². The van der Waals surface area contributed by atoms with Crippen molar-refractivity contribution in [3.63, 3.8) is 0 Å². The SMILES string of the molecule is CNC1C(=O)Nc2cc(N3CC=C(C)CC3)ccc21. The summed E-state index contributed by atoms with van der Waals surface area (Å²) in [5.41, 5.74) is 4.62. The zero-order valence-corrected chi connectivity index (χ0v) is 11.4. The van der Waals surface area contributed by atoms with Gasteiger partial charge < -0.3 is 15.5 Å². The molecule has 2 N–H and O–H groups in total. The van der Waals surface area contributed by atoms with Crippen molar-refractivity contribution in [3.05, 3.63) is 35.4 Å². The molecule has 2 aliphatic heterocycles. The maximum absolute atomic E-state index is 11.8. The molecule has 1 amide bonds. The van der Waals surface area contributed by atoms with Crippen molar-refractivity contribution in [3.8, 4) is 0 Å². The first kappa shape index (κ1) is 12.2. The molecule has 4 nitrogen and oxygen atoms in total. The second-order valence-electron chi connectivity index (χ2n) is 5.23. The maximum atomic E-state index is 11.8. The molecule has 3 rings (SSSR count). The van der Waals surface area contributed by atoms with Crippen LogP contribution in [0.1, 0.15) is 24.9 Å². The number of hydrogen-bond donors (Lipinski definition) is 2. The summed E-state index contributed by atoms with van der Waals surface area (Å²) in [6.45, 7) is 4.18. The van der Waals surface area contributed by atoms with E-state index in [0.29, 0.717) is 0 Å². The first-order valence-corrected chi connectivity index (χ1v) is 6.71. The largest absolute Gasteiger partial charge is 0.367 e. The van der Waals surface area contributed by atoms with Crippen molar-refractivity contribution in [2.75, 3.05) is 30.4 Å². The van der Waals surface area contributed by atoms with Gasteiger partial charge in [0.05, 0.1) is 0 Å². The highest BCUT2D eigenvalue weighted by Gasteiger charge is 2.29. The number of benzene rings is 1. The Labute approximate surface area is 113 Å². The van der Waals surface area contributed by atoms with E-state index in [0.717, 1.165) is 30.8 Å². The molecule has 2 heterocycles. The zero-order valence-electron chi connectivity index (χ0n) is 11.4. The molecule has 0 aliphatic carbocycles. The van der Waals surface area contributed by atoms with Crippen LogP contribution in [-0.4, -0.2) is 26.0 Å². The highest BCUT2D eigenvalue weighted by Crippen LogP contribution is 2.34. The fourth-order valence-electron chi connectivity index (χ4n) is 2.74. The van der Waals surface area contributed by atoms with Gasteiger partial charge in [0.2, 0.25) is 5.91 Å². The van der Waals surface area contributed by atoms with Crippen LogP contribution in [0.3, 0.4) is 0 Å². The van der Waals surface area contributed by atoms with Crippen molar-refractivity contribution < 1.29 is 4.79 Å². The van der Waals surface area contributed by atoms with Crippen LogP contribution in [-0.2, 0) is 4.79 Å². The van der Waals surface area contributed by atoms with Crippen molar-refractivity contribution in [2.24, 2.45) is 0 Å². The zero-order chi connectivity index (χ0) is 13.4. The summed E-state index contributed by atoms with van der Waals surface area (Å²) in [5, 5.41) is 5.98. The monoisotopic (exact) mass is 257 g/mol. The van der Waals surface area contributed by atoms with Crippen LogP contribution in [0, 0.1) is 0 Å². The van der Waals surface area contributed by atoms with Crippen LogP contribution in [0.15, 0.2) is 29.8 Å². The van der Waals surface area contributed by atoms with E-state index < -0.39 is 0 Å². The van der Waals surface area contributed by atoms with Gasteiger partial charge in [-0.3, -0.25) is 4.79 Å². The van der Waals surface area contributed by atoms with Gasteiger partial charge in [0, 0.05) is 30.0 Å². The Balaban J connectivity index is 1.87. The number of nitrogens with one attached hydrogen (secondary N) is 2. The van der Waals surface area contributed by atoms with E-state index in [9.17, 15) is 4.79 Å². The first-order chi connectivity index (χ1) is 9.19. The van der Waals surface area contributed by atoms with Crippen LogP contribution in [0.25, 0.3) is 0 Å². The Morgan fingerprint density at radius 3 is 2.95 bits per heavy atom. The fraction of sp³-hybridized carbons (Fsp3) is 0.400. The Bertz CT molecular complexity index is 550. The van der Waals surface area contributed by atoms with E-state index in [-0.39, 0.29) is 11.9 Å². The van der Waals surface area contributed by atoms with Gasteiger partial charge in [-0.05, 0) is 32.5 Å². The molecule has 0 bridgehead atoms. The Morgan fingerprint density at radius 2 is 2.26 bits per heavy atom. The lowest BCUT2D eigenvalue weighted by Gasteiger charge is -2.28. The third kappa shape index (κ3) is 2.12. The lowest BCUT2D eigenvalue weighted by atomic mass is 10.1. The molecule has 0 spiro atoms. The third-order valence-corrected chi connectivity index (χ3v) is 3.96. The molecule has 0 saturated heterocycles. The molecule has 2 aliphatic rings. The molecule has 0 saturated carbocycles. The van der Waals surface area contributed by atoms with Gasteiger partial charge in [-0.25, -0.2) is 0 Å². The number of rotatable bonds is 2. The van der Waals surface area contributed by atoms with Crippen molar-refractivity contribution in [1.29, 1.82) is 0 Å². The molecule has 4 heteroatoms. The molecule has 100 valence electrons. The quantitative estimate of drug-likeness (QED) is 0.797. The third-order valence-electron chi connectivity index (χ3n) is 3.96. The predicted molar refractivity (Wildman–Crippen MR) is 77.5 cm³/mol. The number of carbonyl (C=O) groups is 1. The average molecular weight is 257 g/mol. The van der Waals surface area contributed by atoms with Crippen molar-refractivity contribution in [1.82, 2.24) is 5.32 Å². The van der Waals surface area contributed by atoms with E-state index in [1.54, 1.807) is 0 Å². The predicted octanol–water partition coefficient (Wildman–Crippen LogP) is 2.06. The van der Waals surface area contributed by atoms with E-state index in [2.05, 4.69) is 46.7 Å². The first-order valence-electron chi connectivity index (χ1n) is 6.71. The number of amides is 1. The van der Waals surface area contributed by atoms with E-state index in [1.807, 2.05) is 7.05 Å². The van der Waals surface area contributed by atoms with Gasteiger partial charge in [0.25, 0.3) is 0 Å². The number of carbonyl (C=O) groups excluding carboxylic acids is 1. The number of hydrogen-bond acceptors (Lipinski definition) is 3. The summed E-state index contributed by atoms with van der Waals surface area (Å²) >= 11 is 0. The van der Waals surface area contributed by atoms with Crippen LogP contribution < -0.4 is 15.5 Å². The lowest BCUT2D eigenvalue weighted by Crippen LogP contribution is -2.28. The summed E-state index contributed by atoms with van der Waals surface area (Å²) < 4.78 is 0. The number of anilines is 2. The molecule has 19 heavy (non-hydrogen) atoms. The molecule has 1 aromatic rings. The summed E-state index contributed by atoms with van der Waals surface area (Å²) in [7, 11) is 1.81. The normalized spacial score (nSPS) is 22.0. The molecular weight excluding hydrogens is 238 g/mol. The molecule has 0 radical (unpaired) electrons. The average Bonchev–Trinajstić information content (AvgIpc) is 2.73. The second kappa shape index (κ2) is 4.70. The summed E-state index contributed by atoms with van der Waals surface area (Å²) in [5.74, 6) is 0.0315. The van der Waals surface area contributed by atoms with Crippen molar-refractivity contribution in [2.45, 2.75) is 19.4 Å². The van der Waals surface area contributed by atoms with Gasteiger partial charge in [-0.2, -0.15) is 0 Å². The fourth-order valence-corrected chi connectivity index (χ4v) is 2.74. The summed E-state index contributed by atoms with van der Waals surface area (Å²) in [6.07, 6.45) is 3.38. The topological polar surface area (TPSA) is 44.4 Å². The van der Waals surface area contributed by atoms with Crippen LogP contribution in [0.4, 0.5) is 11.4 Å². The Kier molecular flexibility index (Phi) is 3.03. The van der Waals surface area contributed by atoms with Gasteiger partial charge in [-0.15, -0.1) is 0 Å². The molecule has 1 unspecified atom stereocenters. The highest BCUT2D eigenvalue weighted by molar-refractivity contribution is 6.03. The van der Waals surface area contributed by atoms with Crippen LogP contribution in [0.2, 0.25) is 0 Å². The Morgan fingerprint density at radius 1 is 1.42 bits per heavy atom. The van der Waals surface area contributed by atoms with Gasteiger partial charge in [0.1, 0.15) is 6.04 Å². The number of fused-ring (bicyclic) bond motifs is 1. The van der Waals surface area contributed by atoms with Gasteiger partial charge >= 0.3 is 0 Å². The molecule has 1 atom stereocenters. The number of nitrogens with zero attached hydrogens (tertiary/aromatic N) is 1. The van der Waals surface area contributed by atoms with E-state index in [4.69, 9.17) is 0 Å². The second-order valence-corrected chi connectivity index (χ2v) is 5.23. The highest BCUT2D eigenvalue weighted by atomic mass is 16.2. The minimum absolute atomic E-state index is 0.0315. The molecule has 0 aromatic heterocycles. The number of likely N-dealkylation sites (N-methyl/N-ethyl adjacent to an activating group) is 1.